The number of nitrogens with zero attached hydrogens (tertiary/aromatic N) is 2. The summed E-state index contributed by atoms with van der Waals surface area (Å²) < 4.78 is 7.75. The molecule has 0 saturated carbocycles. The Balaban J connectivity index is 1.99. The number of aromatic amines is 1. The molecule has 3 N–H and O–H groups in total. The van der Waals surface area contributed by atoms with Crippen molar-refractivity contribution in [3.8, 4) is 11.6 Å². The first-order valence-electron chi connectivity index (χ1n) is 9.50. The summed E-state index contributed by atoms with van der Waals surface area (Å²) in [4.78, 5) is 28.9. The van der Waals surface area contributed by atoms with Gasteiger partial charge in [0.05, 0.1) is 13.2 Å². The van der Waals surface area contributed by atoms with Crippen molar-refractivity contribution in [3.63, 3.8) is 0 Å². The minimum atomic E-state index is -0.522. The lowest BCUT2D eigenvalue weighted by Gasteiger charge is -2.26. The molecule has 28 heavy (non-hydrogen) atoms. The molecule has 2 aromatic heterocycles. The summed E-state index contributed by atoms with van der Waals surface area (Å²) in [6, 6.07) is 5.28. The molecule has 0 bridgehead atoms. The maximum Gasteiger partial charge on any atom is 0.333 e. The summed E-state index contributed by atoms with van der Waals surface area (Å²) in [6.07, 6.45) is 0.787. The second-order valence-electron chi connectivity index (χ2n) is 6.88. The number of aromatic hydroxyl groups is 1. The molecule has 0 aliphatic carbocycles. The molecular weight excluding hydrogens is 360 g/mol. The first-order valence-corrected chi connectivity index (χ1v) is 9.50. The van der Waals surface area contributed by atoms with Gasteiger partial charge in [-0.15, -0.1) is 0 Å². The molecule has 0 fully saturated rings. The highest BCUT2D eigenvalue weighted by Gasteiger charge is 2.32. The molecule has 1 aliphatic rings. The first kappa shape index (κ1) is 18.4. The van der Waals surface area contributed by atoms with Crippen molar-refractivity contribution in [2.45, 2.75) is 39.4 Å². The average Bonchev–Trinajstić information content (AvgIpc) is 3.07. The number of rotatable bonds is 4. The summed E-state index contributed by atoms with van der Waals surface area (Å²) >= 11 is 0. The second-order valence-corrected chi connectivity index (χ2v) is 6.88. The van der Waals surface area contributed by atoms with Crippen LogP contribution >= 0.6 is 0 Å². The van der Waals surface area contributed by atoms with Crippen molar-refractivity contribution in [1.29, 1.82) is 0 Å². The maximum atomic E-state index is 13.1. The molecule has 0 spiro atoms. The minimum Gasteiger partial charge on any atom is -0.497 e. The van der Waals surface area contributed by atoms with Gasteiger partial charge in [0.2, 0.25) is 5.88 Å². The number of hydrogen-bond acceptors (Lipinski definition) is 5. The van der Waals surface area contributed by atoms with Crippen molar-refractivity contribution in [2.24, 2.45) is 0 Å². The van der Waals surface area contributed by atoms with Crippen LogP contribution in [0.3, 0.4) is 0 Å². The van der Waals surface area contributed by atoms with E-state index in [1.54, 1.807) is 21.0 Å². The van der Waals surface area contributed by atoms with Gasteiger partial charge in [0.15, 0.2) is 0 Å². The molecule has 0 amide bonds. The van der Waals surface area contributed by atoms with Gasteiger partial charge in [0, 0.05) is 36.2 Å². The van der Waals surface area contributed by atoms with E-state index in [2.05, 4.69) is 10.3 Å². The smallest absolute Gasteiger partial charge is 0.333 e. The van der Waals surface area contributed by atoms with Crippen LogP contribution in [-0.4, -0.2) is 32.9 Å². The van der Waals surface area contributed by atoms with Crippen molar-refractivity contribution >= 4 is 10.9 Å². The molecule has 3 aromatic rings. The third kappa shape index (κ3) is 2.56. The van der Waals surface area contributed by atoms with Crippen molar-refractivity contribution in [2.75, 3.05) is 13.7 Å². The lowest BCUT2D eigenvalue weighted by molar-refractivity contribution is 0.376. The molecule has 8 heteroatoms. The molecule has 4 rings (SSSR count). The normalized spacial score (nSPS) is 16.3. The van der Waals surface area contributed by atoms with Crippen molar-refractivity contribution < 1.29 is 9.84 Å². The van der Waals surface area contributed by atoms with Crippen LogP contribution < -0.4 is 21.3 Å². The van der Waals surface area contributed by atoms with Gasteiger partial charge in [-0.05, 0) is 44.0 Å². The third-order valence-electron chi connectivity index (χ3n) is 5.51. The topological polar surface area (TPSA) is 101 Å². The Bertz CT molecular complexity index is 1170. The highest BCUT2D eigenvalue weighted by atomic mass is 16.5. The van der Waals surface area contributed by atoms with Gasteiger partial charge < -0.3 is 20.1 Å². The molecule has 1 aliphatic heterocycles. The van der Waals surface area contributed by atoms with Crippen LogP contribution in [0.15, 0.2) is 27.8 Å². The fourth-order valence-electron chi connectivity index (χ4n) is 4.11. The summed E-state index contributed by atoms with van der Waals surface area (Å²) in [5.41, 5.74) is 2.12. The van der Waals surface area contributed by atoms with E-state index >= 15 is 0 Å². The Morgan fingerprint density at radius 3 is 2.64 bits per heavy atom. The predicted molar refractivity (Wildman–Crippen MR) is 106 cm³/mol. The van der Waals surface area contributed by atoms with E-state index < -0.39 is 17.3 Å². The van der Waals surface area contributed by atoms with Crippen LogP contribution in [0.5, 0.6) is 11.6 Å². The zero-order valence-electron chi connectivity index (χ0n) is 16.2. The molecule has 0 unspecified atom stereocenters. The Morgan fingerprint density at radius 2 is 1.96 bits per heavy atom. The fraction of sp³-hybridized carbons (Fsp3) is 0.400. The molecule has 148 valence electrons. The molecule has 8 nitrogen and oxygen atoms in total. The van der Waals surface area contributed by atoms with E-state index in [0.29, 0.717) is 6.54 Å². The number of aromatic nitrogens is 3. The maximum absolute atomic E-state index is 13.1. The molecular formula is C20H24N4O4. The summed E-state index contributed by atoms with van der Waals surface area (Å²) in [5.74, 6) is 0.490. The number of fused-ring (bicyclic) bond motifs is 3. The van der Waals surface area contributed by atoms with Gasteiger partial charge in [0.1, 0.15) is 11.3 Å². The van der Waals surface area contributed by atoms with Crippen LogP contribution in [-0.2, 0) is 19.5 Å². The lowest BCUT2D eigenvalue weighted by atomic mass is 9.95. The largest absolute Gasteiger partial charge is 0.497 e. The van der Waals surface area contributed by atoms with E-state index in [1.807, 2.05) is 18.2 Å². The van der Waals surface area contributed by atoms with Gasteiger partial charge in [-0.25, -0.2) is 4.79 Å². The van der Waals surface area contributed by atoms with Gasteiger partial charge in [0.25, 0.3) is 5.56 Å². The number of H-pyrrole nitrogens is 1. The average molecular weight is 384 g/mol. The monoisotopic (exact) mass is 384 g/mol. The quantitative estimate of drug-likeness (QED) is 0.633. The molecule has 0 saturated heterocycles. The minimum absolute atomic E-state index is 0.197. The number of ether oxygens (including phenoxy) is 1. The van der Waals surface area contributed by atoms with Crippen LogP contribution in [0, 0.1) is 0 Å². The van der Waals surface area contributed by atoms with E-state index in [9.17, 15) is 14.7 Å². The zero-order valence-corrected chi connectivity index (χ0v) is 16.2. The number of benzene rings is 1. The highest BCUT2D eigenvalue weighted by molar-refractivity contribution is 5.86. The van der Waals surface area contributed by atoms with Gasteiger partial charge in [-0.2, -0.15) is 0 Å². The molecule has 3 heterocycles. The van der Waals surface area contributed by atoms with E-state index in [1.165, 1.54) is 9.13 Å². The first-order chi connectivity index (χ1) is 13.5. The van der Waals surface area contributed by atoms with Crippen LogP contribution in [0.2, 0.25) is 0 Å². The molecule has 1 atom stereocenters. The Hall–Kier alpha value is -3.00. The number of nitrogens with one attached hydrogen (secondary N) is 2. The Kier molecular flexibility index (Phi) is 4.50. The summed E-state index contributed by atoms with van der Waals surface area (Å²) in [5, 5.41) is 15.2. The molecule has 1 aromatic carbocycles. The van der Waals surface area contributed by atoms with Gasteiger partial charge >= 0.3 is 5.69 Å². The highest BCUT2D eigenvalue weighted by Crippen LogP contribution is 2.36. The van der Waals surface area contributed by atoms with Crippen LogP contribution in [0.25, 0.3) is 10.9 Å². The van der Waals surface area contributed by atoms with Crippen molar-refractivity contribution in [3.05, 3.63) is 55.9 Å². The zero-order chi connectivity index (χ0) is 20.0. The lowest BCUT2D eigenvalue weighted by Crippen LogP contribution is -2.44. The van der Waals surface area contributed by atoms with E-state index in [0.717, 1.165) is 34.3 Å². The SMILES string of the molecule is CCn1c(O)c([C@@H]2NCCc3c2[nH]c2ccc(OC)cc32)c(=O)n(CC)c1=O. The summed E-state index contributed by atoms with van der Waals surface area (Å²) in [7, 11) is 1.63. The van der Waals surface area contributed by atoms with Crippen LogP contribution in [0.1, 0.15) is 36.7 Å². The van der Waals surface area contributed by atoms with E-state index in [-0.39, 0.29) is 24.5 Å². The second kappa shape index (κ2) is 6.87. The van der Waals surface area contributed by atoms with Crippen molar-refractivity contribution in [1.82, 2.24) is 19.4 Å². The van der Waals surface area contributed by atoms with E-state index in [4.69, 9.17) is 4.74 Å². The Labute approximate surface area is 161 Å². The van der Waals surface area contributed by atoms with Gasteiger partial charge in [-0.3, -0.25) is 13.9 Å². The number of hydrogen-bond donors (Lipinski definition) is 3. The van der Waals surface area contributed by atoms with Crippen LogP contribution in [0.4, 0.5) is 0 Å². The summed E-state index contributed by atoms with van der Waals surface area (Å²) in [6.45, 7) is 4.69. The molecule has 0 radical (unpaired) electrons. The van der Waals surface area contributed by atoms with Gasteiger partial charge in [-0.1, -0.05) is 0 Å². The predicted octanol–water partition coefficient (Wildman–Crippen LogP) is 1.48. The number of methoxy groups -OCH3 is 1. The third-order valence-corrected chi connectivity index (χ3v) is 5.51. The Morgan fingerprint density at radius 1 is 1.21 bits per heavy atom. The fourth-order valence-corrected chi connectivity index (χ4v) is 4.11. The standard InChI is InChI=1S/C20H24N4O4/c1-4-23-18(25)15(19(26)24(5-2)20(23)27)17-16-12(8-9-21-17)13-10-11(28-3)6-7-14(13)22-16/h6-7,10,17,21-22,25H,4-5,8-9H2,1-3H3/t17-/m0/s1.